The van der Waals surface area contributed by atoms with Crippen molar-refractivity contribution in [1.82, 2.24) is 0 Å². The standard InChI is InChI=1S/C14H9Cl3NO/c15-12-6-11(7-13(16)14(12)17)18(9-19)8-10-4-2-1-3-5-10/h1-7H,8H2. The van der Waals surface area contributed by atoms with Crippen LogP contribution in [0, 0.1) is 0 Å². The summed E-state index contributed by atoms with van der Waals surface area (Å²) in [5, 5.41) is 0.882. The summed E-state index contributed by atoms with van der Waals surface area (Å²) in [6, 6.07) is 12.7. The van der Waals surface area contributed by atoms with Gasteiger partial charge in [-0.25, -0.2) is 0 Å². The molecule has 19 heavy (non-hydrogen) atoms. The summed E-state index contributed by atoms with van der Waals surface area (Å²) in [6.07, 6.45) is 1.86. The third kappa shape index (κ3) is 3.41. The molecule has 2 aromatic carbocycles. The minimum Gasteiger partial charge on any atom is -0.300 e. The van der Waals surface area contributed by atoms with Crippen LogP contribution < -0.4 is 4.90 Å². The zero-order valence-corrected chi connectivity index (χ0v) is 12.0. The van der Waals surface area contributed by atoms with Crippen molar-refractivity contribution in [3.63, 3.8) is 0 Å². The molecule has 0 aliphatic rings. The fourth-order valence-corrected chi connectivity index (χ4v) is 2.22. The third-order valence-corrected chi connectivity index (χ3v) is 3.77. The molecular weight excluding hydrogens is 305 g/mol. The van der Waals surface area contributed by atoms with Gasteiger partial charge < -0.3 is 0 Å². The van der Waals surface area contributed by atoms with Crippen molar-refractivity contribution in [1.29, 1.82) is 0 Å². The first-order valence-electron chi connectivity index (χ1n) is 5.45. The number of nitrogens with zero attached hydrogens (tertiary/aromatic N) is 1. The minimum absolute atomic E-state index is 0.276. The number of carbonyl (C=O) groups excluding carboxylic acids is 1. The van der Waals surface area contributed by atoms with E-state index in [1.165, 1.54) is 4.90 Å². The van der Waals surface area contributed by atoms with Crippen LogP contribution in [-0.4, -0.2) is 6.41 Å². The predicted molar refractivity (Wildman–Crippen MR) is 79.8 cm³/mol. The van der Waals surface area contributed by atoms with Crippen LogP contribution in [0.3, 0.4) is 0 Å². The van der Waals surface area contributed by atoms with Gasteiger partial charge in [-0.1, -0.05) is 65.1 Å². The van der Waals surface area contributed by atoms with Crippen molar-refractivity contribution in [3.8, 4) is 0 Å². The lowest BCUT2D eigenvalue weighted by molar-refractivity contribution is 0.551. The Bertz CT molecular complexity index is 563. The van der Waals surface area contributed by atoms with Gasteiger partial charge in [0.05, 0.1) is 21.6 Å². The highest BCUT2D eigenvalue weighted by Gasteiger charge is 2.12. The molecule has 0 unspecified atom stereocenters. The molecular formula is C14H9Cl3NO. The quantitative estimate of drug-likeness (QED) is 0.591. The van der Waals surface area contributed by atoms with Gasteiger partial charge in [-0.05, 0) is 17.7 Å². The molecule has 0 fully saturated rings. The Labute approximate surface area is 126 Å². The maximum atomic E-state index is 11.1. The van der Waals surface area contributed by atoms with Crippen molar-refractivity contribution in [2.45, 2.75) is 6.54 Å². The molecule has 0 aliphatic carbocycles. The molecule has 0 spiro atoms. The summed E-state index contributed by atoms with van der Waals surface area (Å²) in [4.78, 5) is 12.5. The van der Waals surface area contributed by atoms with Gasteiger partial charge in [-0.3, -0.25) is 9.69 Å². The molecule has 97 valence electrons. The number of halogens is 3. The van der Waals surface area contributed by atoms with Crippen LogP contribution in [0.5, 0.6) is 0 Å². The number of benzene rings is 2. The zero-order chi connectivity index (χ0) is 13.8. The summed E-state index contributed by atoms with van der Waals surface area (Å²) in [6.45, 7) is 0.388. The second kappa shape index (κ2) is 6.29. The molecule has 2 rings (SSSR count). The molecule has 0 atom stereocenters. The van der Waals surface area contributed by atoms with E-state index in [4.69, 9.17) is 34.8 Å². The lowest BCUT2D eigenvalue weighted by atomic mass is 10.2. The van der Waals surface area contributed by atoms with Gasteiger partial charge in [0.25, 0.3) is 0 Å². The molecule has 0 N–H and O–H groups in total. The maximum Gasteiger partial charge on any atom is 0.317 e. The number of amides is 1. The van der Waals surface area contributed by atoms with E-state index in [-0.39, 0.29) is 5.02 Å². The lowest BCUT2D eigenvalue weighted by Gasteiger charge is -2.17. The number of hydrogen-bond acceptors (Lipinski definition) is 1. The Morgan fingerprint density at radius 2 is 1.58 bits per heavy atom. The zero-order valence-electron chi connectivity index (χ0n) is 9.74. The number of rotatable bonds is 4. The molecule has 1 radical (unpaired) electrons. The normalized spacial score (nSPS) is 10.3. The molecule has 0 saturated heterocycles. The molecule has 0 aliphatic heterocycles. The predicted octanol–water partition coefficient (Wildman–Crippen LogP) is 4.72. The molecule has 0 saturated carbocycles. The van der Waals surface area contributed by atoms with Crippen molar-refractivity contribution < 1.29 is 4.79 Å². The van der Waals surface area contributed by atoms with Crippen molar-refractivity contribution in [3.05, 3.63) is 63.1 Å². The smallest absolute Gasteiger partial charge is 0.300 e. The van der Waals surface area contributed by atoms with Crippen molar-refractivity contribution in [2.75, 3.05) is 4.90 Å². The van der Waals surface area contributed by atoms with E-state index in [0.717, 1.165) is 5.56 Å². The summed E-state index contributed by atoms with van der Waals surface area (Å²) >= 11 is 17.8. The Morgan fingerprint density at radius 1 is 1.00 bits per heavy atom. The minimum atomic E-state index is 0.276. The SMILES string of the molecule is O=[C]N(Cc1ccccc1)c1cc(Cl)c(Cl)c(Cl)c1. The third-order valence-electron chi connectivity index (χ3n) is 2.57. The van der Waals surface area contributed by atoms with Gasteiger partial charge in [-0.2, -0.15) is 0 Å². The largest absolute Gasteiger partial charge is 0.317 e. The van der Waals surface area contributed by atoms with Gasteiger partial charge in [-0.15, -0.1) is 0 Å². The highest BCUT2D eigenvalue weighted by molar-refractivity contribution is 6.48. The molecule has 2 nitrogen and oxygen atoms in total. The van der Waals surface area contributed by atoms with Crippen LogP contribution >= 0.6 is 34.8 Å². The van der Waals surface area contributed by atoms with E-state index < -0.39 is 0 Å². The topological polar surface area (TPSA) is 20.3 Å². The van der Waals surface area contributed by atoms with E-state index in [2.05, 4.69) is 0 Å². The van der Waals surface area contributed by atoms with Crippen LogP contribution in [-0.2, 0) is 11.3 Å². The highest BCUT2D eigenvalue weighted by Crippen LogP contribution is 2.34. The molecule has 5 heteroatoms. The summed E-state index contributed by atoms with van der Waals surface area (Å²) < 4.78 is 0. The van der Waals surface area contributed by atoms with Crippen LogP contribution in [0.2, 0.25) is 15.1 Å². The van der Waals surface area contributed by atoms with E-state index in [1.54, 1.807) is 12.1 Å². The molecule has 0 heterocycles. The second-order valence-corrected chi connectivity index (χ2v) is 5.08. The van der Waals surface area contributed by atoms with E-state index in [0.29, 0.717) is 22.3 Å². The summed E-state index contributed by atoms with van der Waals surface area (Å²) in [5.41, 5.74) is 1.53. The Hall–Kier alpha value is -1.22. The first-order valence-corrected chi connectivity index (χ1v) is 6.59. The molecule has 0 aromatic heterocycles. The maximum absolute atomic E-state index is 11.1. The van der Waals surface area contributed by atoms with Crippen molar-refractivity contribution in [2.24, 2.45) is 0 Å². The van der Waals surface area contributed by atoms with E-state index >= 15 is 0 Å². The van der Waals surface area contributed by atoms with Crippen molar-refractivity contribution >= 4 is 46.9 Å². The highest BCUT2D eigenvalue weighted by atomic mass is 35.5. The summed E-state index contributed by atoms with van der Waals surface area (Å²) in [7, 11) is 0. The lowest BCUT2D eigenvalue weighted by Crippen LogP contribution is -2.20. The van der Waals surface area contributed by atoms with Gasteiger partial charge in [0.2, 0.25) is 0 Å². The van der Waals surface area contributed by atoms with Gasteiger partial charge >= 0.3 is 6.41 Å². The van der Waals surface area contributed by atoms with E-state index in [1.807, 2.05) is 36.7 Å². The fraction of sp³-hybridized carbons (Fsp3) is 0.0714. The Kier molecular flexibility index (Phi) is 4.70. The van der Waals surface area contributed by atoms with E-state index in [9.17, 15) is 4.79 Å². The average Bonchev–Trinajstić information content (AvgIpc) is 2.42. The Morgan fingerprint density at radius 3 is 2.11 bits per heavy atom. The fourth-order valence-electron chi connectivity index (χ4n) is 1.64. The van der Waals surface area contributed by atoms with Gasteiger partial charge in [0.1, 0.15) is 0 Å². The molecule has 1 amide bonds. The van der Waals surface area contributed by atoms with Gasteiger partial charge in [0.15, 0.2) is 0 Å². The second-order valence-electron chi connectivity index (χ2n) is 3.89. The van der Waals surface area contributed by atoms with Crippen LogP contribution in [0.25, 0.3) is 0 Å². The number of anilines is 1. The first kappa shape index (κ1) is 14.2. The number of hydrogen-bond donors (Lipinski definition) is 0. The van der Waals surface area contributed by atoms with Gasteiger partial charge in [0, 0.05) is 5.69 Å². The first-order chi connectivity index (χ1) is 9.11. The Balaban J connectivity index is 2.30. The summed E-state index contributed by atoms with van der Waals surface area (Å²) in [5.74, 6) is 0. The molecule has 2 aromatic rings. The average molecular weight is 314 g/mol. The van der Waals surface area contributed by atoms with Crippen LogP contribution in [0.1, 0.15) is 5.56 Å². The van der Waals surface area contributed by atoms with Crippen LogP contribution in [0.15, 0.2) is 42.5 Å². The van der Waals surface area contributed by atoms with Crippen LogP contribution in [0.4, 0.5) is 5.69 Å². The molecule has 0 bridgehead atoms. The monoisotopic (exact) mass is 312 g/mol.